The molecule has 0 unspecified atom stereocenters. The second-order valence-corrected chi connectivity index (χ2v) is 4.12. The molecule has 0 radical (unpaired) electrons. The van der Waals surface area contributed by atoms with Gasteiger partial charge < -0.3 is 4.74 Å². The van der Waals surface area contributed by atoms with E-state index in [-0.39, 0.29) is 6.01 Å². The normalized spacial score (nSPS) is 12.0. The maximum absolute atomic E-state index is 12.7. The van der Waals surface area contributed by atoms with Crippen LogP contribution in [0.25, 0.3) is 16.6 Å². The number of alkyl halides is 3. The Hall–Kier alpha value is -2.51. The van der Waals surface area contributed by atoms with Gasteiger partial charge in [-0.3, -0.25) is 9.67 Å². The number of aromatic amines is 1. The summed E-state index contributed by atoms with van der Waals surface area (Å²) in [6, 6.07) is 4.96. The molecule has 0 saturated heterocycles. The van der Waals surface area contributed by atoms with Crippen LogP contribution < -0.4 is 4.74 Å². The summed E-state index contributed by atoms with van der Waals surface area (Å²) in [6.45, 7) is 0. The molecule has 0 aliphatic heterocycles. The molecular weight excluding hydrogens is 273 g/mol. The van der Waals surface area contributed by atoms with Crippen LogP contribution in [0.3, 0.4) is 0 Å². The number of nitrogens with one attached hydrogen (secondary N) is 1. The number of ether oxygens (including phenoxy) is 1. The lowest BCUT2D eigenvalue weighted by atomic mass is 10.2. The van der Waals surface area contributed by atoms with Crippen LogP contribution >= 0.6 is 0 Å². The Morgan fingerprint density at radius 3 is 2.80 bits per heavy atom. The summed E-state index contributed by atoms with van der Waals surface area (Å²) in [6.07, 6.45) is -2.02. The van der Waals surface area contributed by atoms with Gasteiger partial charge in [-0.15, -0.1) is 0 Å². The monoisotopic (exact) mass is 282 g/mol. The third-order valence-corrected chi connectivity index (χ3v) is 2.85. The van der Waals surface area contributed by atoms with Crippen LogP contribution in [0.15, 0.2) is 30.6 Å². The number of aromatic nitrogens is 4. The Morgan fingerprint density at radius 1 is 1.30 bits per heavy atom. The van der Waals surface area contributed by atoms with Crippen molar-refractivity contribution in [2.45, 2.75) is 6.18 Å². The average Bonchev–Trinajstić information content (AvgIpc) is 3.03. The molecule has 2 heterocycles. The van der Waals surface area contributed by atoms with Crippen molar-refractivity contribution >= 4 is 10.9 Å². The lowest BCUT2D eigenvalue weighted by Gasteiger charge is -2.05. The number of benzene rings is 1. The fraction of sp³-hybridized carbons (Fsp3) is 0.167. The SMILES string of the molecule is COc1nc(C(F)(F)F)cn1-c1ccc2[nH]ncc2c1. The number of imidazole rings is 1. The molecule has 3 aromatic rings. The van der Waals surface area contributed by atoms with Gasteiger partial charge in [0.2, 0.25) is 0 Å². The van der Waals surface area contributed by atoms with Crippen LogP contribution in [-0.4, -0.2) is 26.9 Å². The zero-order valence-electron chi connectivity index (χ0n) is 10.3. The van der Waals surface area contributed by atoms with Crippen LogP contribution in [0, 0.1) is 0 Å². The van der Waals surface area contributed by atoms with Crippen molar-refractivity contribution in [3.63, 3.8) is 0 Å². The van der Waals surface area contributed by atoms with E-state index >= 15 is 0 Å². The summed E-state index contributed by atoms with van der Waals surface area (Å²) >= 11 is 0. The number of methoxy groups -OCH3 is 1. The molecule has 0 spiro atoms. The summed E-state index contributed by atoms with van der Waals surface area (Å²) in [7, 11) is 1.27. The van der Waals surface area contributed by atoms with E-state index in [9.17, 15) is 13.2 Å². The maximum atomic E-state index is 12.7. The van der Waals surface area contributed by atoms with Gasteiger partial charge in [0.25, 0.3) is 0 Å². The number of halogens is 3. The van der Waals surface area contributed by atoms with Gasteiger partial charge in [0.05, 0.1) is 24.5 Å². The van der Waals surface area contributed by atoms with E-state index in [0.717, 1.165) is 17.1 Å². The highest BCUT2D eigenvalue weighted by atomic mass is 19.4. The first kappa shape index (κ1) is 12.5. The van der Waals surface area contributed by atoms with E-state index in [1.165, 1.54) is 11.7 Å². The van der Waals surface area contributed by atoms with Gasteiger partial charge in [-0.05, 0) is 18.2 Å². The summed E-state index contributed by atoms with van der Waals surface area (Å²) < 4.78 is 44.2. The maximum Gasteiger partial charge on any atom is 0.435 e. The molecule has 0 aliphatic rings. The highest BCUT2D eigenvalue weighted by Gasteiger charge is 2.35. The lowest BCUT2D eigenvalue weighted by molar-refractivity contribution is -0.141. The minimum absolute atomic E-state index is 0.125. The van der Waals surface area contributed by atoms with Crippen LogP contribution in [0.2, 0.25) is 0 Å². The minimum Gasteiger partial charge on any atom is -0.468 e. The smallest absolute Gasteiger partial charge is 0.435 e. The van der Waals surface area contributed by atoms with Crippen molar-refractivity contribution in [1.29, 1.82) is 0 Å². The Balaban J connectivity index is 2.14. The highest BCUT2D eigenvalue weighted by molar-refractivity contribution is 5.80. The van der Waals surface area contributed by atoms with Gasteiger partial charge >= 0.3 is 12.2 Å². The van der Waals surface area contributed by atoms with Crippen LogP contribution in [-0.2, 0) is 6.18 Å². The largest absolute Gasteiger partial charge is 0.468 e. The molecule has 5 nitrogen and oxygen atoms in total. The van der Waals surface area contributed by atoms with Crippen molar-refractivity contribution in [1.82, 2.24) is 19.7 Å². The van der Waals surface area contributed by atoms with E-state index in [0.29, 0.717) is 5.69 Å². The van der Waals surface area contributed by atoms with E-state index in [4.69, 9.17) is 4.74 Å². The van der Waals surface area contributed by atoms with Gasteiger partial charge in [0.1, 0.15) is 0 Å². The topological polar surface area (TPSA) is 55.7 Å². The second-order valence-electron chi connectivity index (χ2n) is 4.12. The minimum atomic E-state index is -4.52. The molecule has 3 rings (SSSR count). The van der Waals surface area contributed by atoms with Gasteiger partial charge in [-0.1, -0.05) is 0 Å². The van der Waals surface area contributed by atoms with Crippen LogP contribution in [0.4, 0.5) is 13.2 Å². The fourth-order valence-electron chi connectivity index (χ4n) is 1.91. The Morgan fingerprint density at radius 2 is 2.10 bits per heavy atom. The number of hydrogen-bond acceptors (Lipinski definition) is 3. The van der Waals surface area contributed by atoms with Crippen molar-refractivity contribution in [2.24, 2.45) is 0 Å². The molecule has 1 N–H and O–H groups in total. The zero-order valence-corrected chi connectivity index (χ0v) is 10.3. The number of fused-ring (bicyclic) bond motifs is 1. The lowest BCUT2D eigenvalue weighted by Crippen LogP contribution is -2.05. The first-order valence-corrected chi connectivity index (χ1v) is 5.63. The van der Waals surface area contributed by atoms with Crippen LogP contribution in [0.5, 0.6) is 6.01 Å². The quantitative estimate of drug-likeness (QED) is 0.786. The van der Waals surface area contributed by atoms with Crippen molar-refractivity contribution in [3.05, 3.63) is 36.3 Å². The Labute approximate surface area is 111 Å². The summed E-state index contributed by atoms with van der Waals surface area (Å²) in [4.78, 5) is 3.44. The van der Waals surface area contributed by atoms with Crippen molar-refractivity contribution in [2.75, 3.05) is 7.11 Å². The third-order valence-electron chi connectivity index (χ3n) is 2.85. The first-order valence-electron chi connectivity index (χ1n) is 5.63. The number of rotatable bonds is 2. The molecule has 2 aromatic heterocycles. The average molecular weight is 282 g/mol. The van der Waals surface area contributed by atoms with E-state index in [1.54, 1.807) is 24.4 Å². The van der Waals surface area contributed by atoms with Crippen LogP contribution in [0.1, 0.15) is 5.69 Å². The second kappa shape index (κ2) is 4.26. The standard InChI is InChI=1S/C12H9F3N4O/c1-20-11-17-10(12(13,14)15)6-19(11)8-2-3-9-7(4-8)5-16-18-9/h2-6H,1H3,(H,16,18). The fourth-order valence-corrected chi connectivity index (χ4v) is 1.91. The Kier molecular flexibility index (Phi) is 2.66. The first-order chi connectivity index (χ1) is 9.49. The molecule has 0 aliphatic carbocycles. The Bertz CT molecular complexity index is 759. The molecule has 0 fully saturated rings. The van der Waals surface area contributed by atoms with E-state index < -0.39 is 11.9 Å². The van der Waals surface area contributed by atoms with E-state index in [1.807, 2.05) is 0 Å². The summed E-state index contributed by atoms with van der Waals surface area (Å²) in [5.41, 5.74) is 0.310. The zero-order chi connectivity index (χ0) is 14.3. The number of nitrogens with zero attached hydrogens (tertiary/aromatic N) is 3. The van der Waals surface area contributed by atoms with Gasteiger partial charge in [0.15, 0.2) is 5.69 Å². The predicted octanol–water partition coefficient (Wildman–Crippen LogP) is 2.78. The van der Waals surface area contributed by atoms with E-state index in [2.05, 4.69) is 15.2 Å². The van der Waals surface area contributed by atoms with Gasteiger partial charge in [-0.2, -0.15) is 23.3 Å². The highest BCUT2D eigenvalue weighted by Crippen LogP contribution is 2.31. The number of hydrogen-bond donors (Lipinski definition) is 1. The molecule has 1 aromatic carbocycles. The summed E-state index contributed by atoms with van der Waals surface area (Å²) in [5.74, 6) is 0. The number of H-pyrrole nitrogens is 1. The summed E-state index contributed by atoms with van der Waals surface area (Å²) in [5, 5.41) is 7.42. The predicted molar refractivity (Wildman–Crippen MR) is 64.8 cm³/mol. The third kappa shape index (κ3) is 1.98. The molecule has 0 bridgehead atoms. The van der Waals surface area contributed by atoms with Gasteiger partial charge in [0, 0.05) is 11.6 Å². The van der Waals surface area contributed by atoms with Crippen molar-refractivity contribution < 1.29 is 17.9 Å². The molecule has 104 valence electrons. The molecular formula is C12H9F3N4O. The molecule has 0 saturated carbocycles. The van der Waals surface area contributed by atoms with Gasteiger partial charge in [-0.25, -0.2) is 0 Å². The molecule has 0 atom stereocenters. The van der Waals surface area contributed by atoms with Crippen molar-refractivity contribution in [3.8, 4) is 11.7 Å². The molecule has 20 heavy (non-hydrogen) atoms. The molecule has 8 heteroatoms. The molecule has 0 amide bonds.